The highest BCUT2D eigenvalue weighted by atomic mass is 32.2. The number of anilines is 1. The number of sulfonamides is 1. The lowest BCUT2D eigenvalue weighted by Crippen LogP contribution is -2.40. The van der Waals surface area contributed by atoms with Gasteiger partial charge in [0.25, 0.3) is 5.91 Å². The molecule has 2 aromatic rings. The van der Waals surface area contributed by atoms with Crippen LogP contribution in [0.25, 0.3) is 0 Å². The van der Waals surface area contributed by atoms with E-state index in [4.69, 9.17) is 4.74 Å². The molecule has 0 radical (unpaired) electrons. The van der Waals surface area contributed by atoms with Crippen LogP contribution in [0.2, 0.25) is 0 Å². The second-order valence-electron chi connectivity index (χ2n) is 9.96. The van der Waals surface area contributed by atoms with Gasteiger partial charge in [0, 0.05) is 17.3 Å². The molecule has 0 aliphatic heterocycles. The average molecular weight is 471 g/mol. The van der Waals surface area contributed by atoms with Gasteiger partial charge >= 0.3 is 0 Å². The molecule has 4 atom stereocenters. The normalized spacial score (nSPS) is 23.0. The molecular weight excluding hydrogens is 436 g/mol. The fourth-order valence-corrected chi connectivity index (χ4v) is 6.49. The third-order valence-electron chi connectivity index (χ3n) is 6.90. The van der Waals surface area contributed by atoms with Crippen molar-refractivity contribution in [2.75, 3.05) is 11.9 Å². The van der Waals surface area contributed by atoms with Gasteiger partial charge in [-0.25, -0.2) is 13.1 Å². The first-order chi connectivity index (χ1) is 15.7. The van der Waals surface area contributed by atoms with Gasteiger partial charge in [-0.05, 0) is 98.4 Å². The highest BCUT2D eigenvalue weighted by Crippen LogP contribution is 2.49. The minimum atomic E-state index is -3.60. The monoisotopic (exact) mass is 470 g/mol. The molecule has 2 saturated carbocycles. The van der Waals surface area contributed by atoms with Gasteiger partial charge in [-0.2, -0.15) is 0 Å². The minimum absolute atomic E-state index is 0.0721. The van der Waals surface area contributed by atoms with E-state index in [1.54, 1.807) is 36.4 Å². The van der Waals surface area contributed by atoms with Crippen molar-refractivity contribution in [3.05, 3.63) is 54.1 Å². The third kappa shape index (κ3) is 5.76. The number of ether oxygens (including phenoxy) is 1. The summed E-state index contributed by atoms with van der Waals surface area (Å²) in [4.78, 5) is 12.8. The zero-order valence-electron chi connectivity index (χ0n) is 19.6. The van der Waals surface area contributed by atoms with Crippen LogP contribution in [0.1, 0.15) is 56.8 Å². The quantitative estimate of drug-likeness (QED) is 0.535. The molecule has 2 aliphatic carbocycles. The van der Waals surface area contributed by atoms with Crippen LogP contribution >= 0.6 is 0 Å². The van der Waals surface area contributed by atoms with E-state index in [0.29, 0.717) is 35.6 Å². The van der Waals surface area contributed by atoms with Crippen molar-refractivity contribution in [1.82, 2.24) is 4.72 Å². The van der Waals surface area contributed by atoms with Crippen LogP contribution in [-0.4, -0.2) is 27.0 Å². The molecule has 4 rings (SSSR count). The van der Waals surface area contributed by atoms with E-state index in [9.17, 15) is 13.2 Å². The Morgan fingerprint density at radius 2 is 1.70 bits per heavy atom. The fraction of sp³-hybridized carbons (Fsp3) is 0.500. The van der Waals surface area contributed by atoms with E-state index < -0.39 is 10.0 Å². The molecule has 2 fully saturated rings. The van der Waals surface area contributed by atoms with Crippen molar-refractivity contribution < 1.29 is 17.9 Å². The summed E-state index contributed by atoms with van der Waals surface area (Å²) in [7, 11) is -3.60. The molecule has 178 valence electrons. The van der Waals surface area contributed by atoms with E-state index in [1.165, 1.54) is 31.4 Å². The number of carbonyl (C=O) groups is 1. The maximum atomic E-state index is 12.9. The molecule has 0 unspecified atom stereocenters. The standard InChI is InChI=1S/C26H34N2O4S/c1-17(2)16-32-23-10-6-20(7-11-23)26(29)27-22-8-12-24(13-9-22)33(30,31)28-18(3)25-15-19-4-5-21(25)14-19/h6-13,17-19,21,25,28H,4-5,14-16H2,1-3H3,(H,27,29)/t18-,19+,21+,25-/m0/s1. The minimum Gasteiger partial charge on any atom is -0.493 e. The average Bonchev–Trinajstić information content (AvgIpc) is 3.42. The Morgan fingerprint density at radius 1 is 1.00 bits per heavy atom. The number of nitrogens with one attached hydrogen (secondary N) is 2. The van der Waals surface area contributed by atoms with Crippen LogP contribution in [0, 0.1) is 23.7 Å². The summed E-state index contributed by atoms with van der Waals surface area (Å²) < 4.78 is 34.3. The zero-order valence-corrected chi connectivity index (χ0v) is 20.4. The molecule has 2 N–H and O–H groups in total. The van der Waals surface area contributed by atoms with E-state index in [0.717, 1.165) is 18.1 Å². The van der Waals surface area contributed by atoms with Crippen LogP contribution in [0.4, 0.5) is 5.69 Å². The lowest BCUT2D eigenvalue weighted by atomic mass is 9.84. The van der Waals surface area contributed by atoms with Crippen molar-refractivity contribution in [1.29, 1.82) is 0 Å². The van der Waals surface area contributed by atoms with Gasteiger partial charge in [-0.3, -0.25) is 4.79 Å². The summed E-state index contributed by atoms with van der Waals surface area (Å²) in [6.45, 7) is 6.76. The first-order valence-corrected chi connectivity index (χ1v) is 13.4. The Bertz CT molecular complexity index is 1060. The molecule has 0 heterocycles. The lowest BCUT2D eigenvalue weighted by Gasteiger charge is -2.28. The molecule has 6 nitrogen and oxygen atoms in total. The number of fused-ring (bicyclic) bond motifs is 2. The smallest absolute Gasteiger partial charge is 0.255 e. The second kappa shape index (κ2) is 9.85. The predicted molar refractivity (Wildman–Crippen MR) is 130 cm³/mol. The fourth-order valence-electron chi connectivity index (χ4n) is 5.19. The first-order valence-electron chi connectivity index (χ1n) is 11.9. The number of hydrogen-bond donors (Lipinski definition) is 2. The van der Waals surface area contributed by atoms with Crippen molar-refractivity contribution in [2.45, 2.75) is 57.4 Å². The molecule has 0 spiro atoms. The maximum absolute atomic E-state index is 12.9. The summed E-state index contributed by atoms with van der Waals surface area (Å²) in [5.41, 5.74) is 1.05. The molecule has 0 aromatic heterocycles. The van der Waals surface area contributed by atoms with E-state index in [1.807, 2.05) is 6.92 Å². The number of rotatable bonds is 9. The Kier molecular flexibility index (Phi) is 7.10. The molecule has 1 amide bonds. The Morgan fingerprint density at radius 3 is 2.27 bits per heavy atom. The number of amides is 1. The van der Waals surface area contributed by atoms with Gasteiger partial charge in [-0.1, -0.05) is 20.3 Å². The highest BCUT2D eigenvalue weighted by Gasteiger charge is 2.42. The molecule has 2 bridgehead atoms. The summed E-state index contributed by atoms with van der Waals surface area (Å²) in [5.74, 6) is 2.75. The Hall–Kier alpha value is -2.38. The maximum Gasteiger partial charge on any atom is 0.255 e. The van der Waals surface area contributed by atoms with Crippen LogP contribution in [0.15, 0.2) is 53.4 Å². The van der Waals surface area contributed by atoms with Crippen molar-refractivity contribution in [3.8, 4) is 5.75 Å². The third-order valence-corrected chi connectivity index (χ3v) is 8.47. The number of carbonyl (C=O) groups excluding carboxylic acids is 1. The molecule has 2 aliphatic rings. The first kappa shape index (κ1) is 23.8. The van der Waals surface area contributed by atoms with E-state index in [2.05, 4.69) is 23.9 Å². The highest BCUT2D eigenvalue weighted by molar-refractivity contribution is 7.89. The largest absolute Gasteiger partial charge is 0.493 e. The van der Waals surface area contributed by atoms with Gasteiger partial charge in [0.2, 0.25) is 10.0 Å². The molecule has 33 heavy (non-hydrogen) atoms. The van der Waals surface area contributed by atoms with Crippen LogP contribution in [-0.2, 0) is 10.0 Å². The summed E-state index contributed by atoms with van der Waals surface area (Å²) in [6, 6.07) is 13.2. The van der Waals surface area contributed by atoms with Crippen LogP contribution < -0.4 is 14.8 Å². The number of benzene rings is 2. The topological polar surface area (TPSA) is 84.5 Å². The predicted octanol–water partition coefficient (Wildman–Crippen LogP) is 5.08. The number of hydrogen-bond acceptors (Lipinski definition) is 4. The molecule has 0 saturated heterocycles. The van der Waals surface area contributed by atoms with Crippen molar-refractivity contribution in [2.24, 2.45) is 23.7 Å². The van der Waals surface area contributed by atoms with E-state index in [-0.39, 0.29) is 16.8 Å². The Labute approximate surface area is 197 Å². The van der Waals surface area contributed by atoms with Gasteiger partial charge in [-0.15, -0.1) is 0 Å². The van der Waals surface area contributed by atoms with Gasteiger partial charge in [0.15, 0.2) is 0 Å². The van der Waals surface area contributed by atoms with E-state index >= 15 is 0 Å². The second-order valence-corrected chi connectivity index (χ2v) is 11.7. The summed E-state index contributed by atoms with van der Waals surface area (Å²) >= 11 is 0. The lowest BCUT2D eigenvalue weighted by molar-refractivity contribution is 0.102. The molecular formula is C26H34N2O4S. The van der Waals surface area contributed by atoms with Gasteiger partial charge in [0.1, 0.15) is 5.75 Å². The van der Waals surface area contributed by atoms with Crippen molar-refractivity contribution in [3.63, 3.8) is 0 Å². The Balaban J connectivity index is 1.34. The SMILES string of the molecule is CC(C)COc1ccc(C(=O)Nc2ccc(S(=O)(=O)N[C@@H](C)[C@@H]3C[C@@H]4CC[C@@H]3C4)cc2)cc1. The van der Waals surface area contributed by atoms with Crippen LogP contribution in [0.5, 0.6) is 5.75 Å². The zero-order chi connectivity index (χ0) is 23.6. The summed E-state index contributed by atoms with van der Waals surface area (Å²) in [6.07, 6.45) is 4.90. The van der Waals surface area contributed by atoms with Crippen LogP contribution in [0.3, 0.4) is 0 Å². The van der Waals surface area contributed by atoms with Gasteiger partial charge < -0.3 is 10.1 Å². The molecule has 2 aromatic carbocycles. The summed E-state index contributed by atoms with van der Waals surface area (Å²) in [5, 5.41) is 2.82. The van der Waals surface area contributed by atoms with Crippen molar-refractivity contribution >= 4 is 21.6 Å². The van der Waals surface area contributed by atoms with Gasteiger partial charge in [0.05, 0.1) is 11.5 Å². The molecule has 7 heteroatoms.